The minimum Gasteiger partial charge on any atom is -0.349 e. The van der Waals surface area contributed by atoms with Gasteiger partial charge < -0.3 is 10.6 Å². The van der Waals surface area contributed by atoms with Gasteiger partial charge in [-0.25, -0.2) is 0 Å². The molecular formula is C14H24N4O. The summed E-state index contributed by atoms with van der Waals surface area (Å²) in [7, 11) is 1.82. The molecular weight excluding hydrogens is 240 g/mol. The van der Waals surface area contributed by atoms with Gasteiger partial charge in [-0.3, -0.25) is 9.48 Å². The van der Waals surface area contributed by atoms with Crippen LogP contribution in [-0.4, -0.2) is 34.3 Å². The molecule has 5 heteroatoms. The summed E-state index contributed by atoms with van der Waals surface area (Å²) in [6.07, 6.45) is 8.97. The van der Waals surface area contributed by atoms with Gasteiger partial charge in [0.15, 0.2) is 0 Å². The van der Waals surface area contributed by atoms with E-state index in [-0.39, 0.29) is 5.91 Å². The molecule has 1 saturated carbocycles. The molecule has 106 valence electrons. The highest BCUT2D eigenvalue weighted by Gasteiger charge is 2.22. The highest BCUT2D eigenvalue weighted by Crippen LogP contribution is 2.19. The fraction of sp³-hybridized carbons (Fsp3) is 0.714. The molecule has 1 amide bonds. The number of rotatable bonds is 5. The van der Waals surface area contributed by atoms with E-state index in [2.05, 4.69) is 22.7 Å². The third-order valence-electron chi connectivity index (χ3n) is 3.71. The zero-order valence-electron chi connectivity index (χ0n) is 11.9. The third kappa shape index (κ3) is 4.06. The van der Waals surface area contributed by atoms with Crippen LogP contribution in [0.25, 0.3) is 0 Å². The van der Waals surface area contributed by atoms with Crippen LogP contribution in [0, 0.1) is 0 Å². The van der Waals surface area contributed by atoms with E-state index in [1.165, 1.54) is 6.42 Å². The van der Waals surface area contributed by atoms with Crippen LogP contribution < -0.4 is 10.6 Å². The molecule has 1 fully saturated rings. The lowest BCUT2D eigenvalue weighted by molar-refractivity contribution is 0.0924. The minimum absolute atomic E-state index is 0.00179. The van der Waals surface area contributed by atoms with Gasteiger partial charge in [-0.2, -0.15) is 5.10 Å². The monoisotopic (exact) mass is 264 g/mol. The Kier molecular flexibility index (Phi) is 4.96. The van der Waals surface area contributed by atoms with Crippen LogP contribution in [0.1, 0.15) is 49.4 Å². The summed E-state index contributed by atoms with van der Waals surface area (Å²) in [5.41, 5.74) is 0.647. The quantitative estimate of drug-likeness (QED) is 0.846. The molecule has 1 aliphatic rings. The molecule has 0 aliphatic heterocycles. The van der Waals surface area contributed by atoms with Gasteiger partial charge in [-0.05, 0) is 38.6 Å². The van der Waals surface area contributed by atoms with Gasteiger partial charge in [0.2, 0.25) is 0 Å². The van der Waals surface area contributed by atoms with Crippen molar-refractivity contribution in [1.29, 1.82) is 0 Å². The first-order chi connectivity index (χ1) is 9.19. The Morgan fingerprint density at radius 3 is 2.63 bits per heavy atom. The lowest BCUT2D eigenvalue weighted by Crippen LogP contribution is -2.42. The molecule has 1 aliphatic carbocycles. The van der Waals surface area contributed by atoms with Crippen molar-refractivity contribution in [3.05, 3.63) is 18.0 Å². The van der Waals surface area contributed by atoms with Crippen LogP contribution in [-0.2, 0) is 7.05 Å². The van der Waals surface area contributed by atoms with Crippen molar-refractivity contribution >= 4 is 5.91 Å². The SMILES string of the molecule is CCCNC1CCC(NC(=O)c2cnn(C)c2)CC1. The zero-order valence-corrected chi connectivity index (χ0v) is 11.9. The summed E-state index contributed by atoms with van der Waals surface area (Å²) in [4.78, 5) is 12.0. The summed E-state index contributed by atoms with van der Waals surface area (Å²) in [5, 5.41) is 10.7. The van der Waals surface area contributed by atoms with Crippen molar-refractivity contribution in [2.75, 3.05) is 6.54 Å². The van der Waals surface area contributed by atoms with Crippen molar-refractivity contribution < 1.29 is 4.79 Å². The molecule has 0 spiro atoms. The van der Waals surface area contributed by atoms with Crippen molar-refractivity contribution in [1.82, 2.24) is 20.4 Å². The molecule has 1 aromatic rings. The Morgan fingerprint density at radius 2 is 2.05 bits per heavy atom. The molecule has 0 aromatic carbocycles. The van der Waals surface area contributed by atoms with Crippen LogP contribution in [0.3, 0.4) is 0 Å². The van der Waals surface area contributed by atoms with Crippen LogP contribution in [0.2, 0.25) is 0 Å². The Bertz CT molecular complexity index is 407. The first kappa shape index (κ1) is 14.1. The molecule has 5 nitrogen and oxygen atoms in total. The fourth-order valence-corrected chi connectivity index (χ4v) is 2.60. The van der Waals surface area contributed by atoms with Crippen LogP contribution in [0.4, 0.5) is 0 Å². The summed E-state index contributed by atoms with van der Waals surface area (Å²) in [6, 6.07) is 0.943. The lowest BCUT2D eigenvalue weighted by atomic mass is 9.91. The van der Waals surface area contributed by atoms with Crippen LogP contribution in [0.5, 0.6) is 0 Å². The van der Waals surface area contributed by atoms with E-state index in [0.717, 1.165) is 32.2 Å². The number of carbonyl (C=O) groups is 1. The molecule has 0 radical (unpaired) electrons. The van der Waals surface area contributed by atoms with Crippen LogP contribution >= 0.6 is 0 Å². The topological polar surface area (TPSA) is 58.9 Å². The van der Waals surface area contributed by atoms with Gasteiger partial charge in [0.05, 0.1) is 11.8 Å². The highest BCUT2D eigenvalue weighted by molar-refractivity contribution is 5.93. The van der Waals surface area contributed by atoms with E-state index in [1.807, 2.05) is 7.05 Å². The summed E-state index contributed by atoms with van der Waals surface area (Å²) in [5.74, 6) is -0.00179. The van der Waals surface area contributed by atoms with Crippen LogP contribution in [0.15, 0.2) is 12.4 Å². The number of nitrogens with one attached hydrogen (secondary N) is 2. The first-order valence-corrected chi connectivity index (χ1v) is 7.22. The third-order valence-corrected chi connectivity index (χ3v) is 3.71. The summed E-state index contributed by atoms with van der Waals surface area (Å²) >= 11 is 0. The smallest absolute Gasteiger partial charge is 0.254 e. The average molecular weight is 264 g/mol. The van der Waals surface area contributed by atoms with Crippen molar-refractivity contribution in [2.24, 2.45) is 7.05 Å². The normalized spacial score (nSPS) is 23.3. The second kappa shape index (κ2) is 6.70. The predicted molar refractivity (Wildman–Crippen MR) is 75.0 cm³/mol. The second-order valence-electron chi connectivity index (χ2n) is 5.38. The van der Waals surface area contributed by atoms with Crippen molar-refractivity contribution in [3.8, 4) is 0 Å². The molecule has 2 N–H and O–H groups in total. The molecule has 1 heterocycles. The Morgan fingerprint density at radius 1 is 1.37 bits per heavy atom. The number of carbonyl (C=O) groups excluding carboxylic acids is 1. The number of aromatic nitrogens is 2. The Balaban J connectivity index is 1.75. The van der Waals surface area contributed by atoms with Gasteiger partial charge >= 0.3 is 0 Å². The van der Waals surface area contributed by atoms with E-state index in [0.29, 0.717) is 17.6 Å². The van der Waals surface area contributed by atoms with E-state index in [9.17, 15) is 4.79 Å². The van der Waals surface area contributed by atoms with Crippen molar-refractivity contribution in [2.45, 2.75) is 51.1 Å². The van der Waals surface area contributed by atoms with Gasteiger partial charge in [0.25, 0.3) is 5.91 Å². The summed E-state index contributed by atoms with van der Waals surface area (Å²) in [6.45, 7) is 3.28. The Labute approximate surface area is 114 Å². The lowest BCUT2D eigenvalue weighted by Gasteiger charge is -2.29. The summed E-state index contributed by atoms with van der Waals surface area (Å²) < 4.78 is 1.65. The zero-order chi connectivity index (χ0) is 13.7. The maximum absolute atomic E-state index is 12.0. The van der Waals surface area contributed by atoms with Gasteiger partial charge in [0, 0.05) is 25.3 Å². The van der Waals surface area contributed by atoms with E-state index in [4.69, 9.17) is 0 Å². The molecule has 2 rings (SSSR count). The molecule has 1 aromatic heterocycles. The molecule has 0 atom stereocenters. The van der Waals surface area contributed by atoms with Gasteiger partial charge in [0.1, 0.15) is 0 Å². The number of hydrogen-bond acceptors (Lipinski definition) is 3. The van der Waals surface area contributed by atoms with E-state index in [1.54, 1.807) is 17.1 Å². The molecule has 0 unspecified atom stereocenters. The number of amides is 1. The molecule has 0 saturated heterocycles. The second-order valence-corrected chi connectivity index (χ2v) is 5.38. The fourth-order valence-electron chi connectivity index (χ4n) is 2.60. The number of hydrogen-bond donors (Lipinski definition) is 2. The highest BCUT2D eigenvalue weighted by atomic mass is 16.1. The molecule has 0 bridgehead atoms. The van der Waals surface area contributed by atoms with Crippen molar-refractivity contribution in [3.63, 3.8) is 0 Å². The van der Waals surface area contributed by atoms with E-state index < -0.39 is 0 Å². The van der Waals surface area contributed by atoms with Gasteiger partial charge in [-0.15, -0.1) is 0 Å². The van der Waals surface area contributed by atoms with E-state index >= 15 is 0 Å². The first-order valence-electron chi connectivity index (χ1n) is 7.22. The number of aryl methyl sites for hydroxylation is 1. The standard InChI is InChI=1S/C14H24N4O/c1-3-8-15-12-4-6-13(7-5-12)17-14(19)11-9-16-18(2)10-11/h9-10,12-13,15H,3-8H2,1-2H3,(H,17,19). The average Bonchev–Trinajstić information content (AvgIpc) is 2.85. The minimum atomic E-state index is -0.00179. The van der Waals surface area contributed by atoms with Gasteiger partial charge in [-0.1, -0.05) is 6.92 Å². The maximum atomic E-state index is 12.0. The predicted octanol–water partition coefficient (Wildman–Crippen LogP) is 1.46. The molecule has 19 heavy (non-hydrogen) atoms. The Hall–Kier alpha value is -1.36. The number of nitrogens with zero attached hydrogens (tertiary/aromatic N) is 2. The largest absolute Gasteiger partial charge is 0.349 e. The maximum Gasteiger partial charge on any atom is 0.254 e.